The normalized spacial score (nSPS) is 10.7. The molecule has 2 aromatic rings. The van der Waals surface area contributed by atoms with Crippen molar-refractivity contribution >= 4 is 34.8 Å². The number of ether oxygens (including phenoxy) is 1. The van der Waals surface area contributed by atoms with E-state index in [9.17, 15) is 0 Å². The fraction of sp³-hybridized carbons (Fsp3) is 0.267. The Balaban J connectivity index is 2.16. The number of hydrogen-bond acceptors (Lipinski definition) is 3. The van der Waals surface area contributed by atoms with Gasteiger partial charge in [-0.05, 0) is 31.2 Å². The van der Waals surface area contributed by atoms with Gasteiger partial charge < -0.3 is 10.1 Å². The summed E-state index contributed by atoms with van der Waals surface area (Å²) in [6, 6.07) is 8.48. The Hall–Kier alpha value is -1.000. The van der Waals surface area contributed by atoms with Crippen LogP contribution in [-0.2, 0) is 6.54 Å². The molecule has 112 valence electrons. The Labute approximate surface area is 139 Å². The minimum absolute atomic E-state index is 0.428. The van der Waals surface area contributed by atoms with E-state index in [2.05, 4.69) is 17.2 Å². The van der Waals surface area contributed by atoms with Crippen molar-refractivity contribution in [1.82, 2.24) is 10.3 Å². The minimum atomic E-state index is 0.428. The van der Waals surface area contributed by atoms with Crippen LogP contribution in [0.15, 0.2) is 30.3 Å². The van der Waals surface area contributed by atoms with Gasteiger partial charge in [0.2, 0.25) is 5.88 Å². The van der Waals surface area contributed by atoms with Crippen LogP contribution in [0.2, 0.25) is 15.1 Å². The molecule has 0 aliphatic carbocycles. The molecule has 0 aliphatic heterocycles. The molecule has 0 unspecified atom stereocenters. The quantitative estimate of drug-likeness (QED) is 0.718. The number of benzene rings is 1. The van der Waals surface area contributed by atoms with Crippen molar-refractivity contribution in [1.29, 1.82) is 0 Å². The standard InChI is InChI=1S/C15H15Cl3N2O/c1-2-7-19-9-13-11(17)5-6-15(20-13)21-14-8-10(16)3-4-12(14)18/h3-6,8,19H,2,7,9H2,1H3. The molecular formula is C15H15Cl3N2O. The van der Waals surface area contributed by atoms with Crippen LogP contribution in [0.5, 0.6) is 11.6 Å². The summed E-state index contributed by atoms with van der Waals surface area (Å²) in [5.74, 6) is 0.892. The summed E-state index contributed by atoms with van der Waals surface area (Å²) in [6.45, 7) is 3.60. The van der Waals surface area contributed by atoms with Crippen LogP contribution >= 0.6 is 34.8 Å². The maximum atomic E-state index is 6.13. The Morgan fingerprint density at radius 1 is 1.10 bits per heavy atom. The molecule has 0 aliphatic rings. The van der Waals surface area contributed by atoms with Crippen LogP contribution in [0, 0.1) is 0 Å². The number of hydrogen-bond donors (Lipinski definition) is 1. The van der Waals surface area contributed by atoms with E-state index in [1.54, 1.807) is 30.3 Å². The average molecular weight is 346 g/mol. The van der Waals surface area contributed by atoms with E-state index in [0.717, 1.165) is 18.7 Å². The van der Waals surface area contributed by atoms with E-state index < -0.39 is 0 Å². The first-order valence-corrected chi connectivity index (χ1v) is 7.72. The largest absolute Gasteiger partial charge is 0.437 e. The van der Waals surface area contributed by atoms with E-state index >= 15 is 0 Å². The predicted molar refractivity (Wildman–Crippen MR) is 87.8 cm³/mol. The number of pyridine rings is 1. The van der Waals surface area contributed by atoms with Gasteiger partial charge in [0.15, 0.2) is 0 Å². The summed E-state index contributed by atoms with van der Waals surface area (Å²) in [6.07, 6.45) is 1.05. The van der Waals surface area contributed by atoms with Crippen molar-refractivity contribution in [3.05, 3.63) is 51.1 Å². The van der Waals surface area contributed by atoms with E-state index in [4.69, 9.17) is 39.5 Å². The Morgan fingerprint density at radius 3 is 2.62 bits per heavy atom. The fourth-order valence-corrected chi connectivity index (χ4v) is 2.19. The molecule has 0 saturated carbocycles. The Kier molecular flexibility index (Phi) is 6.12. The summed E-state index contributed by atoms with van der Waals surface area (Å²) < 4.78 is 5.68. The number of nitrogens with one attached hydrogen (secondary N) is 1. The molecule has 0 radical (unpaired) electrons. The van der Waals surface area contributed by atoms with Crippen molar-refractivity contribution in [3.63, 3.8) is 0 Å². The summed E-state index contributed by atoms with van der Waals surface area (Å²) in [7, 11) is 0. The fourth-order valence-electron chi connectivity index (χ4n) is 1.70. The van der Waals surface area contributed by atoms with Gasteiger partial charge in [-0.2, -0.15) is 0 Å². The predicted octanol–water partition coefficient (Wildman–Crippen LogP) is 5.33. The monoisotopic (exact) mass is 344 g/mol. The zero-order valence-electron chi connectivity index (χ0n) is 11.5. The summed E-state index contributed by atoms with van der Waals surface area (Å²) in [5, 5.41) is 4.88. The number of halogens is 3. The maximum absolute atomic E-state index is 6.13. The van der Waals surface area contributed by atoms with Gasteiger partial charge in [-0.25, -0.2) is 4.98 Å². The molecule has 1 heterocycles. The second-order valence-electron chi connectivity index (χ2n) is 4.43. The van der Waals surface area contributed by atoms with E-state index in [1.165, 1.54) is 0 Å². The highest BCUT2D eigenvalue weighted by atomic mass is 35.5. The molecule has 0 bridgehead atoms. The zero-order valence-corrected chi connectivity index (χ0v) is 13.8. The van der Waals surface area contributed by atoms with Crippen molar-refractivity contribution in [2.24, 2.45) is 0 Å². The average Bonchev–Trinajstić information content (AvgIpc) is 2.46. The smallest absolute Gasteiger partial charge is 0.219 e. The van der Waals surface area contributed by atoms with E-state index in [0.29, 0.717) is 33.2 Å². The van der Waals surface area contributed by atoms with Gasteiger partial charge in [-0.3, -0.25) is 0 Å². The number of nitrogens with zero attached hydrogens (tertiary/aromatic N) is 1. The third-order valence-electron chi connectivity index (χ3n) is 2.72. The van der Waals surface area contributed by atoms with Crippen LogP contribution in [0.4, 0.5) is 0 Å². The molecule has 1 N–H and O–H groups in total. The van der Waals surface area contributed by atoms with Gasteiger partial charge in [0, 0.05) is 23.7 Å². The van der Waals surface area contributed by atoms with Gasteiger partial charge in [0.25, 0.3) is 0 Å². The van der Waals surface area contributed by atoms with E-state index in [-0.39, 0.29) is 0 Å². The lowest BCUT2D eigenvalue weighted by atomic mass is 10.3. The van der Waals surface area contributed by atoms with Gasteiger partial charge in [0.1, 0.15) is 5.75 Å². The van der Waals surface area contributed by atoms with Crippen molar-refractivity contribution in [2.45, 2.75) is 19.9 Å². The van der Waals surface area contributed by atoms with Gasteiger partial charge >= 0.3 is 0 Å². The summed E-state index contributed by atoms with van der Waals surface area (Å²) in [4.78, 5) is 4.39. The molecule has 3 nitrogen and oxygen atoms in total. The molecule has 0 spiro atoms. The van der Waals surface area contributed by atoms with Crippen LogP contribution in [0.1, 0.15) is 19.0 Å². The highest BCUT2D eigenvalue weighted by molar-refractivity contribution is 6.34. The molecule has 2 rings (SSSR count). The first-order chi connectivity index (χ1) is 10.1. The van der Waals surface area contributed by atoms with Gasteiger partial charge in [0.05, 0.1) is 15.7 Å². The maximum Gasteiger partial charge on any atom is 0.219 e. The molecule has 6 heteroatoms. The topological polar surface area (TPSA) is 34.2 Å². The highest BCUT2D eigenvalue weighted by Gasteiger charge is 2.08. The second-order valence-corrected chi connectivity index (χ2v) is 5.68. The molecule has 0 saturated heterocycles. The van der Waals surface area contributed by atoms with Crippen LogP contribution in [0.3, 0.4) is 0 Å². The first kappa shape index (κ1) is 16.4. The third kappa shape index (κ3) is 4.75. The highest BCUT2D eigenvalue weighted by Crippen LogP contribution is 2.31. The van der Waals surface area contributed by atoms with Crippen molar-refractivity contribution in [3.8, 4) is 11.6 Å². The molecule has 1 aromatic carbocycles. The first-order valence-electron chi connectivity index (χ1n) is 6.59. The lowest BCUT2D eigenvalue weighted by Crippen LogP contribution is -2.15. The Morgan fingerprint density at radius 2 is 1.86 bits per heavy atom. The lowest BCUT2D eigenvalue weighted by Gasteiger charge is -2.10. The van der Waals surface area contributed by atoms with E-state index in [1.807, 2.05) is 0 Å². The lowest BCUT2D eigenvalue weighted by molar-refractivity contribution is 0.460. The van der Waals surface area contributed by atoms with Gasteiger partial charge in [-0.15, -0.1) is 0 Å². The summed E-state index contributed by atoms with van der Waals surface area (Å²) >= 11 is 18.1. The van der Waals surface area contributed by atoms with Gasteiger partial charge in [-0.1, -0.05) is 41.7 Å². The molecule has 21 heavy (non-hydrogen) atoms. The molecule has 1 aromatic heterocycles. The van der Waals surface area contributed by atoms with Crippen LogP contribution in [0.25, 0.3) is 0 Å². The molecule has 0 amide bonds. The van der Waals surface area contributed by atoms with Crippen molar-refractivity contribution in [2.75, 3.05) is 6.54 Å². The SMILES string of the molecule is CCCNCc1nc(Oc2cc(Cl)ccc2Cl)ccc1Cl. The van der Waals surface area contributed by atoms with Crippen LogP contribution in [-0.4, -0.2) is 11.5 Å². The second kappa shape index (κ2) is 7.85. The summed E-state index contributed by atoms with van der Waals surface area (Å²) in [5.41, 5.74) is 0.737. The molecule has 0 fully saturated rings. The molecule has 0 atom stereocenters. The van der Waals surface area contributed by atoms with Crippen LogP contribution < -0.4 is 10.1 Å². The minimum Gasteiger partial charge on any atom is -0.437 e. The Bertz CT molecular complexity index is 620. The third-order valence-corrected chi connectivity index (χ3v) is 3.61. The zero-order chi connectivity index (χ0) is 15.2. The number of rotatable bonds is 6. The van der Waals surface area contributed by atoms with Crippen molar-refractivity contribution < 1.29 is 4.74 Å². The molecular weight excluding hydrogens is 331 g/mol. The number of aromatic nitrogens is 1.